The van der Waals surface area contributed by atoms with E-state index >= 15 is 0 Å². The first kappa shape index (κ1) is 26.7. The molecule has 0 bridgehead atoms. The van der Waals surface area contributed by atoms with Crippen molar-refractivity contribution >= 4 is 69.2 Å². The largest absolute Gasteiger partial charge is 0.506 e. The summed E-state index contributed by atoms with van der Waals surface area (Å²) in [6, 6.07) is 7.17. The molecule has 0 fully saturated rings. The fourth-order valence-electron chi connectivity index (χ4n) is 3.64. The average molecular weight is 669 g/mol. The van der Waals surface area contributed by atoms with Gasteiger partial charge in [0.15, 0.2) is 10.5 Å². The molecular weight excluding hydrogens is 655 g/mol. The molecule has 4 rings (SSSR count). The van der Waals surface area contributed by atoms with Crippen molar-refractivity contribution in [3.8, 4) is 5.75 Å². The minimum absolute atomic E-state index is 0.0206. The molecule has 2 aromatic carbocycles. The van der Waals surface area contributed by atoms with Crippen LogP contribution in [-0.4, -0.2) is 28.4 Å². The van der Waals surface area contributed by atoms with Crippen molar-refractivity contribution in [2.75, 3.05) is 6.61 Å². The van der Waals surface area contributed by atoms with Crippen LogP contribution in [0.5, 0.6) is 5.75 Å². The maximum Gasteiger partial charge on any atom is 0.434 e. The number of allylic oxidation sites excluding steroid dienone is 1. The number of benzene rings is 2. The molecule has 6 nitrogen and oxygen atoms in total. The Morgan fingerprint density at radius 1 is 1.25 bits per heavy atom. The molecule has 13 heteroatoms. The highest BCUT2D eigenvalue weighted by molar-refractivity contribution is 14.1. The second-order valence-corrected chi connectivity index (χ2v) is 10.5. The van der Waals surface area contributed by atoms with Crippen molar-refractivity contribution in [1.29, 1.82) is 0 Å². The molecule has 1 aromatic heterocycles. The summed E-state index contributed by atoms with van der Waals surface area (Å²) in [5.74, 6) is -1.40. The molecule has 0 amide bonds. The summed E-state index contributed by atoms with van der Waals surface area (Å²) in [6.07, 6.45) is -3.70. The molecule has 0 aliphatic carbocycles. The maximum absolute atomic E-state index is 14.1. The first-order valence-electron chi connectivity index (χ1n) is 10.2. The van der Waals surface area contributed by atoms with Gasteiger partial charge in [0.2, 0.25) is 0 Å². The zero-order chi connectivity index (χ0) is 26.4. The molecule has 0 radical (unpaired) electrons. The Balaban J connectivity index is 2.07. The zero-order valence-corrected chi connectivity index (χ0v) is 22.6. The molecular formula is C23H14Cl2F3IN2O4S. The molecule has 1 atom stereocenters. The number of fused-ring (bicyclic) bond motifs is 1. The van der Waals surface area contributed by atoms with Crippen LogP contribution < -0.4 is 14.9 Å². The van der Waals surface area contributed by atoms with E-state index in [0.717, 1.165) is 4.57 Å². The Morgan fingerprint density at radius 3 is 2.53 bits per heavy atom. The van der Waals surface area contributed by atoms with Gasteiger partial charge in [0.25, 0.3) is 5.56 Å². The standard InChI is InChI=1S/C23H14Cl2F3IN2O4S/c1-2-35-21(34)16-17(10-3-5-12(24)6-4-10)31-20(33)15(36-22(31)30-19(16)23(26,27)28)8-11-7-13(25)9-14(29)18(11)32/h3-9,17,32H,2H2,1H3/b15-8-/t17-/m1/s1. The zero-order valence-electron chi connectivity index (χ0n) is 18.1. The van der Waals surface area contributed by atoms with Gasteiger partial charge in [-0.1, -0.05) is 46.7 Å². The van der Waals surface area contributed by atoms with Crippen molar-refractivity contribution in [3.05, 3.63) is 92.1 Å². The summed E-state index contributed by atoms with van der Waals surface area (Å²) >= 11 is 14.6. The van der Waals surface area contributed by atoms with E-state index < -0.39 is 35.0 Å². The van der Waals surface area contributed by atoms with Crippen LogP contribution in [0, 0.1) is 3.57 Å². The third kappa shape index (κ3) is 5.06. The number of halogens is 6. The SMILES string of the molecule is CCOC(=O)C1=C(C(F)(F)F)N=c2s/c(=C\c3cc(Cl)cc(I)c3O)c(=O)n2[C@@H]1c1ccc(Cl)cc1. The number of esters is 1. The summed E-state index contributed by atoms with van der Waals surface area (Å²) in [5.41, 5.74) is -2.58. The predicted octanol–water partition coefficient (Wildman–Crippen LogP) is 4.96. The molecule has 2 heterocycles. The fraction of sp³-hybridized carbons (Fsp3) is 0.174. The molecule has 188 valence electrons. The lowest BCUT2D eigenvalue weighted by Gasteiger charge is -2.26. The quantitative estimate of drug-likeness (QED) is 0.315. The van der Waals surface area contributed by atoms with Crippen LogP contribution in [-0.2, 0) is 9.53 Å². The number of carbonyl (C=O) groups is 1. The predicted molar refractivity (Wildman–Crippen MR) is 138 cm³/mol. The van der Waals surface area contributed by atoms with Crippen LogP contribution in [0.15, 0.2) is 57.5 Å². The lowest BCUT2D eigenvalue weighted by Crippen LogP contribution is -2.41. The molecule has 1 aliphatic heterocycles. The second-order valence-electron chi connectivity index (χ2n) is 7.44. The van der Waals surface area contributed by atoms with Gasteiger partial charge >= 0.3 is 12.1 Å². The molecule has 1 N–H and O–H groups in total. The van der Waals surface area contributed by atoms with Crippen molar-refractivity contribution < 1.29 is 27.8 Å². The molecule has 0 saturated carbocycles. The van der Waals surface area contributed by atoms with Crippen molar-refractivity contribution in [3.63, 3.8) is 0 Å². The van der Waals surface area contributed by atoms with Crippen molar-refractivity contribution in [2.45, 2.75) is 19.1 Å². The summed E-state index contributed by atoms with van der Waals surface area (Å²) in [6.45, 7) is 1.27. The van der Waals surface area contributed by atoms with Crippen LogP contribution >= 0.6 is 57.1 Å². The maximum atomic E-state index is 14.1. The fourth-order valence-corrected chi connectivity index (χ4v) is 5.81. The number of hydrogen-bond donors (Lipinski definition) is 1. The topological polar surface area (TPSA) is 80.9 Å². The first-order chi connectivity index (χ1) is 16.9. The number of hydrogen-bond acceptors (Lipinski definition) is 6. The lowest BCUT2D eigenvalue weighted by molar-refractivity contribution is -0.140. The summed E-state index contributed by atoms with van der Waals surface area (Å²) in [7, 11) is 0. The normalized spacial score (nSPS) is 16.1. The third-order valence-corrected chi connectivity index (χ3v) is 7.40. The van der Waals surface area contributed by atoms with Crippen LogP contribution in [0.3, 0.4) is 0 Å². The van der Waals surface area contributed by atoms with Gasteiger partial charge in [0, 0.05) is 15.6 Å². The molecule has 36 heavy (non-hydrogen) atoms. The van der Waals surface area contributed by atoms with E-state index in [1.807, 2.05) is 22.6 Å². The molecule has 1 aliphatic rings. The van der Waals surface area contributed by atoms with E-state index in [1.165, 1.54) is 49.4 Å². The Labute approximate surface area is 229 Å². The van der Waals surface area contributed by atoms with Gasteiger partial charge in [-0.05, 0) is 65.4 Å². The first-order valence-corrected chi connectivity index (χ1v) is 12.8. The Hall–Kier alpha value is -2.35. The number of thiazole rings is 1. The van der Waals surface area contributed by atoms with Crippen molar-refractivity contribution in [1.82, 2.24) is 4.57 Å². The number of nitrogens with zero attached hydrogens (tertiary/aromatic N) is 2. The number of aromatic hydroxyl groups is 1. The number of aromatic nitrogens is 1. The van der Waals surface area contributed by atoms with E-state index in [0.29, 0.717) is 25.0 Å². The number of carbonyl (C=O) groups excluding carboxylic acids is 1. The number of phenols is 1. The third-order valence-electron chi connectivity index (χ3n) is 5.12. The highest BCUT2D eigenvalue weighted by Crippen LogP contribution is 2.38. The van der Waals surface area contributed by atoms with Gasteiger partial charge in [-0.15, -0.1) is 0 Å². The van der Waals surface area contributed by atoms with Gasteiger partial charge in [-0.3, -0.25) is 9.36 Å². The summed E-state index contributed by atoms with van der Waals surface area (Å²) in [4.78, 5) is 29.7. The highest BCUT2D eigenvalue weighted by Gasteiger charge is 2.45. The number of phenolic OH excluding ortho intramolecular Hbond substituents is 1. The van der Waals surface area contributed by atoms with Crippen LogP contribution in [0.4, 0.5) is 13.2 Å². The van der Waals surface area contributed by atoms with Gasteiger partial charge in [0.05, 0.1) is 26.3 Å². The molecule has 0 spiro atoms. The molecule has 0 saturated heterocycles. The van der Waals surface area contributed by atoms with Gasteiger partial charge in [0.1, 0.15) is 5.75 Å². The number of alkyl halides is 3. The Morgan fingerprint density at radius 2 is 1.92 bits per heavy atom. The van der Waals surface area contributed by atoms with E-state index in [1.54, 1.807) is 0 Å². The van der Waals surface area contributed by atoms with E-state index in [2.05, 4.69) is 4.99 Å². The molecule has 0 unspecified atom stereocenters. The second kappa shape index (κ2) is 10.2. The number of rotatable bonds is 4. The summed E-state index contributed by atoms with van der Waals surface area (Å²) < 4.78 is 48.7. The van der Waals surface area contributed by atoms with Gasteiger partial charge < -0.3 is 9.84 Å². The Bertz CT molecular complexity index is 1580. The van der Waals surface area contributed by atoms with Crippen molar-refractivity contribution in [2.24, 2.45) is 4.99 Å². The van der Waals surface area contributed by atoms with Crippen LogP contribution in [0.2, 0.25) is 10.0 Å². The van der Waals surface area contributed by atoms with E-state index in [4.69, 9.17) is 27.9 Å². The minimum Gasteiger partial charge on any atom is -0.506 e. The lowest BCUT2D eigenvalue weighted by atomic mass is 9.95. The van der Waals surface area contributed by atoms with Gasteiger partial charge in [-0.2, -0.15) is 13.2 Å². The smallest absolute Gasteiger partial charge is 0.434 e. The summed E-state index contributed by atoms with van der Waals surface area (Å²) in [5, 5.41) is 11.0. The van der Waals surface area contributed by atoms with E-state index in [-0.39, 0.29) is 32.8 Å². The highest BCUT2D eigenvalue weighted by atomic mass is 127. The number of ether oxygens (including phenoxy) is 1. The van der Waals surface area contributed by atoms with Crippen LogP contribution in [0.1, 0.15) is 24.1 Å². The average Bonchev–Trinajstić information content (AvgIpc) is 3.11. The Kier molecular flexibility index (Phi) is 7.56. The van der Waals surface area contributed by atoms with Crippen LogP contribution in [0.25, 0.3) is 6.08 Å². The van der Waals surface area contributed by atoms with Gasteiger partial charge in [-0.25, -0.2) is 9.79 Å². The van der Waals surface area contributed by atoms with E-state index in [9.17, 15) is 27.9 Å². The monoisotopic (exact) mass is 668 g/mol. The minimum atomic E-state index is -5.01. The molecule has 3 aromatic rings.